The summed E-state index contributed by atoms with van der Waals surface area (Å²) >= 11 is 0. The van der Waals surface area contributed by atoms with Crippen LogP contribution in [0.3, 0.4) is 0 Å². The van der Waals surface area contributed by atoms with Gasteiger partial charge in [0.25, 0.3) is 0 Å². The highest BCUT2D eigenvalue weighted by molar-refractivity contribution is 6.45. The van der Waals surface area contributed by atoms with Crippen molar-refractivity contribution >= 4 is 22.4 Å². The average molecular weight is 346 g/mol. The number of hydrogen-bond acceptors (Lipinski definition) is 3. The number of Topliss-reactive ketones (excluding diaryl/α,β-unsaturated/α-hetero) is 1. The van der Waals surface area contributed by atoms with Gasteiger partial charge in [-0.3, -0.25) is 4.79 Å². The molecule has 0 aliphatic heterocycles. The zero-order valence-electron chi connectivity index (χ0n) is 14.6. The molecule has 0 atom stereocenters. The lowest BCUT2D eigenvalue weighted by atomic mass is 9.95. The van der Waals surface area contributed by atoms with Crippen LogP contribution in [0.25, 0.3) is 22.2 Å². The van der Waals surface area contributed by atoms with Crippen LogP contribution in [0.2, 0.25) is 0 Å². The first-order chi connectivity index (χ1) is 12.7. The Balaban J connectivity index is 1.53. The second-order valence-electron chi connectivity index (χ2n) is 7.08. The van der Waals surface area contributed by atoms with Crippen molar-refractivity contribution in [1.29, 1.82) is 0 Å². The van der Waals surface area contributed by atoms with Crippen LogP contribution >= 0.6 is 0 Å². The van der Waals surface area contributed by atoms with E-state index >= 15 is 0 Å². The van der Waals surface area contributed by atoms with Gasteiger partial charge in [-0.1, -0.05) is 73.3 Å². The molecule has 2 N–H and O–H groups in total. The zero-order chi connectivity index (χ0) is 17.9. The summed E-state index contributed by atoms with van der Waals surface area (Å²) in [5.74, 6) is 0.290. The molecule has 1 heterocycles. The summed E-state index contributed by atoms with van der Waals surface area (Å²) in [6.07, 6.45) is 5.21. The van der Waals surface area contributed by atoms with E-state index in [2.05, 4.69) is 22.3 Å². The molecule has 2 aromatic carbocycles. The lowest BCUT2D eigenvalue weighted by molar-refractivity contribution is 0.105. The molecule has 0 bridgehead atoms. The molecule has 0 radical (unpaired) electrons. The summed E-state index contributed by atoms with van der Waals surface area (Å²) in [6.45, 7) is 0. The highest BCUT2D eigenvalue weighted by Crippen LogP contribution is 2.29. The van der Waals surface area contributed by atoms with Crippen molar-refractivity contribution in [3.05, 3.63) is 60.2 Å². The number of carbonyl (C=O) groups excluding carboxylic acids is 1. The lowest BCUT2D eigenvalue weighted by Gasteiger charge is -2.09. The van der Waals surface area contributed by atoms with Crippen LogP contribution in [-0.4, -0.2) is 21.7 Å². The van der Waals surface area contributed by atoms with Gasteiger partial charge in [0, 0.05) is 22.2 Å². The van der Waals surface area contributed by atoms with Crippen molar-refractivity contribution in [2.45, 2.75) is 32.1 Å². The maximum atomic E-state index is 12.7. The molecule has 1 aromatic heterocycles. The lowest BCUT2D eigenvalue weighted by Crippen LogP contribution is -2.17. The number of fused-ring (bicyclic) bond motifs is 1. The molecular formula is C22H22N2O2. The Kier molecular flexibility index (Phi) is 4.57. The Morgan fingerprint density at radius 2 is 1.81 bits per heavy atom. The minimum atomic E-state index is -0.178. The van der Waals surface area contributed by atoms with Gasteiger partial charge < -0.3 is 10.2 Å². The average Bonchev–Trinajstić information content (AvgIpc) is 3.35. The zero-order valence-corrected chi connectivity index (χ0v) is 14.6. The number of aromatic amines is 1. The van der Waals surface area contributed by atoms with Gasteiger partial charge in [-0.15, -0.1) is 0 Å². The molecule has 4 rings (SSSR count). The molecule has 1 aliphatic carbocycles. The smallest absolute Gasteiger partial charge is 0.210 e. The third kappa shape index (κ3) is 3.27. The van der Waals surface area contributed by atoms with Gasteiger partial charge in [-0.25, -0.2) is 0 Å². The monoisotopic (exact) mass is 346 g/mol. The van der Waals surface area contributed by atoms with E-state index in [-0.39, 0.29) is 11.5 Å². The van der Waals surface area contributed by atoms with Gasteiger partial charge in [-0.2, -0.15) is 0 Å². The van der Waals surface area contributed by atoms with Crippen LogP contribution in [0.1, 0.15) is 42.5 Å². The van der Waals surface area contributed by atoms with E-state index in [1.165, 1.54) is 12.8 Å². The number of H-pyrrole nitrogens is 1. The highest BCUT2D eigenvalue weighted by atomic mass is 16.4. The normalized spacial score (nSPS) is 15.6. The van der Waals surface area contributed by atoms with E-state index in [4.69, 9.17) is 0 Å². The highest BCUT2D eigenvalue weighted by Gasteiger charge is 2.22. The topological polar surface area (TPSA) is 65.4 Å². The Hall–Kier alpha value is -2.88. The van der Waals surface area contributed by atoms with Crippen LogP contribution in [0, 0.1) is 5.92 Å². The minimum absolute atomic E-state index is 0.178. The number of nitrogens with zero attached hydrogens (tertiary/aromatic N) is 1. The molecule has 26 heavy (non-hydrogen) atoms. The Morgan fingerprint density at radius 3 is 2.50 bits per heavy atom. The SMILES string of the molecule is O=C(C(CC1CCCC1)=NO)c1ccc(-c2cc3ccccc3[nH]2)cc1. The number of oxime groups is 1. The van der Waals surface area contributed by atoms with Crippen molar-refractivity contribution < 1.29 is 10.0 Å². The van der Waals surface area contributed by atoms with Crippen molar-refractivity contribution in [3.8, 4) is 11.3 Å². The quantitative estimate of drug-likeness (QED) is 0.280. The number of nitrogens with one attached hydrogen (secondary N) is 1. The summed E-state index contributed by atoms with van der Waals surface area (Å²) in [5.41, 5.74) is 3.98. The van der Waals surface area contributed by atoms with E-state index in [1.54, 1.807) is 0 Å². The Labute approximate surface area is 152 Å². The summed E-state index contributed by atoms with van der Waals surface area (Å²) in [6, 6.07) is 17.7. The largest absolute Gasteiger partial charge is 0.411 e. The third-order valence-electron chi connectivity index (χ3n) is 5.33. The van der Waals surface area contributed by atoms with Crippen molar-refractivity contribution in [3.63, 3.8) is 0 Å². The molecule has 3 aromatic rings. The maximum absolute atomic E-state index is 12.7. The van der Waals surface area contributed by atoms with Gasteiger partial charge in [0.1, 0.15) is 5.71 Å². The van der Waals surface area contributed by atoms with Gasteiger partial charge >= 0.3 is 0 Å². The fourth-order valence-corrected chi connectivity index (χ4v) is 3.86. The predicted molar refractivity (Wildman–Crippen MR) is 104 cm³/mol. The molecule has 1 saturated carbocycles. The van der Waals surface area contributed by atoms with E-state index in [0.29, 0.717) is 17.9 Å². The van der Waals surface area contributed by atoms with Crippen LogP contribution in [0.5, 0.6) is 0 Å². The number of hydrogen-bond donors (Lipinski definition) is 2. The van der Waals surface area contributed by atoms with Crippen LogP contribution in [-0.2, 0) is 0 Å². The fraction of sp³-hybridized carbons (Fsp3) is 0.273. The maximum Gasteiger partial charge on any atom is 0.210 e. The minimum Gasteiger partial charge on any atom is -0.411 e. The third-order valence-corrected chi connectivity index (χ3v) is 5.33. The van der Waals surface area contributed by atoms with Gasteiger partial charge in [-0.05, 0) is 30.0 Å². The Bertz CT molecular complexity index is 915. The van der Waals surface area contributed by atoms with Crippen molar-refractivity contribution in [1.82, 2.24) is 4.98 Å². The number of para-hydroxylation sites is 1. The molecule has 132 valence electrons. The number of ketones is 1. The molecule has 4 heteroatoms. The van der Waals surface area contributed by atoms with Gasteiger partial charge in [0.2, 0.25) is 5.78 Å². The Morgan fingerprint density at radius 1 is 1.08 bits per heavy atom. The van der Waals surface area contributed by atoms with Gasteiger partial charge in [0.05, 0.1) is 0 Å². The van der Waals surface area contributed by atoms with Gasteiger partial charge in [0.15, 0.2) is 0 Å². The predicted octanol–water partition coefficient (Wildman–Crippen LogP) is 5.43. The van der Waals surface area contributed by atoms with Crippen LogP contribution in [0.4, 0.5) is 0 Å². The number of rotatable bonds is 5. The molecule has 0 amide bonds. The molecular weight excluding hydrogens is 324 g/mol. The van der Waals surface area contributed by atoms with E-state index in [1.807, 2.05) is 42.5 Å². The first kappa shape index (κ1) is 16.6. The van der Waals surface area contributed by atoms with E-state index < -0.39 is 0 Å². The summed E-state index contributed by atoms with van der Waals surface area (Å²) < 4.78 is 0. The summed E-state index contributed by atoms with van der Waals surface area (Å²) in [4.78, 5) is 16.0. The van der Waals surface area contributed by atoms with Crippen molar-refractivity contribution in [2.24, 2.45) is 11.1 Å². The fourth-order valence-electron chi connectivity index (χ4n) is 3.86. The van der Waals surface area contributed by atoms with E-state index in [0.717, 1.165) is 35.0 Å². The van der Waals surface area contributed by atoms with Crippen LogP contribution in [0.15, 0.2) is 59.8 Å². The summed E-state index contributed by atoms with van der Waals surface area (Å²) in [5, 5.41) is 13.8. The second kappa shape index (κ2) is 7.16. The molecule has 0 saturated heterocycles. The first-order valence-electron chi connectivity index (χ1n) is 9.18. The standard InChI is InChI=1S/C22H22N2O2/c25-22(21(24-26)13-15-5-1-2-6-15)17-11-9-16(10-12-17)20-14-18-7-3-4-8-19(18)23-20/h3-4,7-12,14-15,23,26H,1-2,5-6,13H2. The second-order valence-corrected chi connectivity index (χ2v) is 7.08. The van der Waals surface area contributed by atoms with Crippen LogP contribution < -0.4 is 0 Å². The number of benzene rings is 2. The molecule has 0 unspecified atom stereocenters. The summed E-state index contributed by atoms with van der Waals surface area (Å²) in [7, 11) is 0. The molecule has 4 nitrogen and oxygen atoms in total. The number of carbonyl (C=O) groups is 1. The van der Waals surface area contributed by atoms with E-state index in [9.17, 15) is 10.0 Å². The molecule has 1 aliphatic rings. The molecule has 0 spiro atoms. The first-order valence-corrected chi connectivity index (χ1v) is 9.18. The van der Waals surface area contributed by atoms with Crippen molar-refractivity contribution in [2.75, 3.05) is 0 Å². The molecule has 1 fully saturated rings. The number of aromatic nitrogens is 1.